The van der Waals surface area contributed by atoms with E-state index in [2.05, 4.69) is 13.8 Å². The number of amides is 1. The maximum absolute atomic E-state index is 14.5. The van der Waals surface area contributed by atoms with Crippen LogP contribution in [0.3, 0.4) is 0 Å². The van der Waals surface area contributed by atoms with Gasteiger partial charge in [0.1, 0.15) is 11.6 Å². The number of hydrogen-bond acceptors (Lipinski definition) is 3. The smallest absolute Gasteiger partial charge is 0.257 e. The average Bonchev–Trinajstić information content (AvgIpc) is 3.17. The second kappa shape index (κ2) is 9.98. The monoisotopic (exact) mass is 436 g/mol. The molecule has 1 atom stereocenters. The normalized spacial score (nSPS) is 12.1. The second-order valence-corrected chi connectivity index (χ2v) is 8.65. The van der Waals surface area contributed by atoms with E-state index in [0.717, 1.165) is 29.2 Å². The van der Waals surface area contributed by atoms with Gasteiger partial charge in [-0.3, -0.25) is 4.79 Å². The van der Waals surface area contributed by atoms with Crippen LogP contribution in [0.2, 0.25) is 0 Å². The van der Waals surface area contributed by atoms with Crippen molar-refractivity contribution in [3.05, 3.63) is 77.2 Å². The minimum Gasteiger partial charge on any atom is -0.362 e. The highest BCUT2D eigenvalue weighted by Gasteiger charge is 2.29. The van der Waals surface area contributed by atoms with E-state index in [9.17, 15) is 9.18 Å². The summed E-state index contributed by atoms with van der Waals surface area (Å²) in [5.41, 5.74) is 2.98. The fraction of sp³-hybridized carbons (Fsp3) is 0.385. The lowest BCUT2D eigenvalue weighted by Gasteiger charge is -2.30. The van der Waals surface area contributed by atoms with Gasteiger partial charge in [-0.05, 0) is 43.5 Å². The number of hydrogen-bond donors (Lipinski definition) is 0. The Balaban J connectivity index is 2.14. The third-order valence-electron chi connectivity index (χ3n) is 5.78. The summed E-state index contributed by atoms with van der Waals surface area (Å²) in [6.45, 7) is 8.61. The number of aromatic nitrogens is 2. The molecule has 0 unspecified atom stereocenters. The Morgan fingerprint density at radius 3 is 2.22 bits per heavy atom. The van der Waals surface area contributed by atoms with E-state index >= 15 is 0 Å². The standard InChI is InChI=1S/C26H33FN4O/c1-7-19(4)30(26(32)21-15-11-12-16-23(21)27)17-22-24(18(2)3)28-31(25(22)29(5)6)20-13-9-8-10-14-20/h8-16,18-19H,7,17H2,1-6H3/t19-/m0/s1. The highest BCUT2D eigenvalue weighted by Crippen LogP contribution is 2.32. The number of nitrogens with zero attached hydrogens (tertiary/aromatic N) is 4. The first kappa shape index (κ1) is 23.5. The topological polar surface area (TPSA) is 41.4 Å². The van der Waals surface area contributed by atoms with Gasteiger partial charge in [-0.15, -0.1) is 0 Å². The lowest BCUT2D eigenvalue weighted by Crippen LogP contribution is -2.38. The molecule has 5 nitrogen and oxygen atoms in total. The van der Waals surface area contributed by atoms with Crippen LogP contribution in [0.4, 0.5) is 10.2 Å². The molecule has 0 saturated carbocycles. The van der Waals surface area contributed by atoms with Crippen molar-refractivity contribution in [3.8, 4) is 5.69 Å². The molecule has 1 aromatic heterocycles. The predicted molar refractivity (Wildman–Crippen MR) is 128 cm³/mol. The highest BCUT2D eigenvalue weighted by molar-refractivity contribution is 5.94. The quantitative estimate of drug-likeness (QED) is 0.459. The molecule has 3 rings (SSSR count). The van der Waals surface area contributed by atoms with E-state index in [1.807, 2.05) is 67.9 Å². The summed E-state index contributed by atoms with van der Waals surface area (Å²) in [4.78, 5) is 17.3. The molecule has 0 radical (unpaired) electrons. The van der Waals surface area contributed by atoms with Crippen LogP contribution in [-0.2, 0) is 6.54 Å². The number of halogens is 1. The number of carbonyl (C=O) groups is 1. The third-order valence-corrected chi connectivity index (χ3v) is 5.78. The number of benzene rings is 2. The van der Waals surface area contributed by atoms with Gasteiger partial charge in [0, 0.05) is 25.7 Å². The van der Waals surface area contributed by atoms with Gasteiger partial charge in [0.25, 0.3) is 5.91 Å². The molecule has 32 heavy (non-hydrogen) atoms. The minimum atomic E-state index is -0.498. The molecule has 3 aromatic rings. The summed E-state index contributed by atoms with van der Waals surface area (Å²) in [6, 6.07) is 16.1. The van der Waals surface area contributed by atoms with Crippen molar-refractivity contribution < 1.29 is 9.18 Å². The van der Waals surface area contributed by atoms with Crippen LogP contribution >= 0.6 is 0 Å². The first-order chi connectivity index (χ1) is 15.3. The maximum Gasteiger partial charge on any atom is 0.257 e. The minimum absolute atomic E-state index is 0.0581. The zero-order chi connectivity index (χ0) is 23.4. The SMILES string of the molecule is CC[C@H](C)N(Cc1c(C(C)C)nn(-c2ccccc2)c1N(C)C)C(=O)c1ccccc1F. The molecular weight excluding hydrogens is 403 g/mol. The van der Waals surface area contributed by atoms with Crippen molar-refractivity contribution in [1.82, 2.24) is 14.7 Å². The van der Waals surface area contributed by atoms with Crippen molar-refractivity contribution in [3.63, 3.8) is 0 Å². The van der Waals surface area contributed by atoms with Gasteiger partial charge in [0.05, 0.1) is 23.5 Å². The summed E-state index contributed by atoms with van der Waals surface area (Å²) >= 11 is 0. The number of anilines is 1. The molecule has 6 heteroatoms. The van der Waals surface area contributed by atoms with Gasteiger partial charge >= 0.3 is 0 Å². The van der Waals surface area contributed by atoms with E-state index in [0.29, 0.717) is 6.54 Å². The Morgan fingerprint density at radius 2 is 1.66 bits per heavy atom. The zero-order valence-corrected chi connectivity index (χ0v) is 19.8. The van der Waals surface area contributed by atoms with Crippen molar-refractivity contribution in [1.29, 1.82) is 0 Å². The maximum atomic E-state index is 14.5. The van der Waals surface area contributed by atoms with Gasteiger partial charge in [0.15, 0.2) is 0 Å². The second-order valence-electron chi connectivity index (χ2n) is 8.65. The number of para-hydroxylation sites is 1. The molecule has 1 amide bonds. The molecule has 0 spiro atoms. The number of carbonyl (C=O) groups excluding carboxylic acids is 1. The molecule has 0 bridgehead atoms. The van der Waals surface area contributed by atoms with Gasteiger partial charge < -0.3 is 9.80 Å². The van der Waals surface area contributed by atoms with Gasteiger partial charge in [-0.25, -0.2) is 9.07 Å². The summed E-state index contributed by atoms with van der Waals surface area (Å²) in [6.07, 6.45) is 0.765. The molecule has 0 fully saturated rings. The lowest BCUT2D eigenvalue weighted by atomic mass is 10.0. The van der Waals surface area contributed by atoms with E-state index in [-0.39, 0.29) is 23.4 Å². The molecule has 0 aliphatic rings. The van der Waals surface area contributed by atoms with Crippen LogP contribution in [0, 0.1) is 5.82 Å². The molecule has 0 aliphatic carbocycles. The third kappa shape index (κ3) is 4.69. The zero-order valence-electron chi connectivity index (χ0n) is 19.8. The van der Waals surface area contributed by atoms with Crippen molar-refractivity contribution >= 4 is 11.7 Å². The Bertz CT molecular complexity index is 1060. The van der Waals surface area contributed by atoms with Crippen molar-refractivity contribution in [2.45, 2.75) is 52.6 Å². The summed E-state index contributed by atoms with van der Waals surface area (Å²) in [7, 11) is 3.96. The fourth-order valence-corrected chi connectivity index (χ4v) is 3.89. The van der Waals surface area contributed by atoms with Crippen LogP contribution in [-0.4, -0.2) is 40.7 Å². The van der Waals surface area contributed by atoms with Crippen molar-refractivity contribution in [2.75, 3.05) is 19.0 Å². The van der Waals surface area contributed by atoms with Crippen LogP contribution < -0.4 is 4.90 Å². The summed E-state index contributed by atoms with van der Waals surface area (Å²) < 4.78 is 16.4. The Kier molecular flexibility index (Phi) is 7.33. The molecule has 1 heterocycles. The summed E-state index contributed by atoms with van der Waals surface area (Å²) in [5.74, 6) is 0.289. The molecular formula is C26H33FN4O. The van der Waals surface area contributed by atoms with E-state index in [1.54, 1.807) is 23.1 Å². The lowest BCUT2D eigenvalue weighted by molar-refractivity contribution is 0.0666. The summed E-state index contributed by atoms with van der Waals surface area (Å²) in [5, 5.41) is 4.95. The van der Waals surface area contributed by atoms with Gasteiger partial charge in [-0.2, -0.15) is 5.10 Å². The molecule has 170 valence electrons. The first-order valence-corrected chi connectivity index (χ1v) is 11.2. The van der Waals surface area contributed by atoms with E-state index < -0.39 is 5.82 Å². The molecule has 0 saturated heterocycles. The largest absolute Gasteiger partial charge is 0.362 e. The van der Waals surface area contributed by atoms with Crippen LogP contribution in [0.5, 0.6) is 0 Å². The van der Waals surface area contributed by atoms with Crippen LogP contribution in [0.25, 0.3) is 5.69 Å². The highest BCUT2D eigenvalue weighted by atomic mass is 19.1. The Hall–Kier alpha value is -3.15. The molecule has 0 aliphatic heterocycles. The van der Waals surface area contributed by atoms with Crippen LogP contribution in [0.15, 0.2) is 54.6 Å². The van der Waals surface area contributed by atoms with Crippen LogP contribution in [0.1, 0.15) is 61.6 Å². The van der Waals surface area contributed by atoms with Crippen molar-refractivity contribution in [2.24, 2.45) is 0 Å². The first-order valence-electron chi connectivity index (χ1n) is 11.2. The van der Waals surface area contributed by atoms with Gasteiger partial charge in [-0.1, -0.05) is 51.1 Å². The Morgan fingerprint density at radius 1 is 1.03 bits per heavy atom. The average molecular weight is 437 g/mol. The molecule has 2 aromatic carbocycles. The Labute approximate surface area is 190 Å². The predicted octanol–water partition coefficient (Wildman–Crippen LogP) is 5.64. The fourth-order valence-electron chi connectivity index (χ4n) is 3.89. The van der Waals surface area contributed by atoms with E-state index in [4.69, 9.17) is 5.10 Å². The van der Waals surface area contributed by atoms with Gasteiger partial charge in [0.2, 0.25) is 0 Å². The van der Waals surface area contributed by atoms with E-state index in [1.165, 1.54) is 6.07 Å². The molecule has 0 N–H and O–H groups in total. The number of rotatable bonds is 8.